The van der Waals surface area contributed by atoms with Crippen LogP contribution in [0.2, 0.25) is 0 Å². The predicted molar refractivity (Wildman–Crippen MR) is 88.6 cm³/mol. The lowest BCUT2D eigenvalue weighted by Gasteiger charge is -2.30. The van der Waals surface area contributed by atoms with Gasteiger partial charge in [-0.1, -0.05) is 13.3 Å². The number of carboxylic acid groups (broad SMARTS) is 1. The van der Waals surface area contributed by atoms with Gasteiger partial charge in [-0.05, 0) is 25.7 Å². The molecule has 0 aliphatic carbocycles. The van der Waals surface area contributed by atoms with Gasteiger partial charge in [0.2, 0.25) is 5.91 Å². The first-order chi connectivity index (χ1) is 11.3. The van der Waals surface area contributed by atoms with E-state index < -0.39 is 18.1 Å². The molecule has 1 heterocycles. The lowest BCUT2D eigenvalue weighted by Crippen LogP contribution is -2.46. The zero-order valence-corrected chi connectivity index (χ0v) is 14.9. The van der Waals surface area contributed by atoms with E-state index in [4.69, 9.17) is 0 Å². The van der Waals surface area contributed by atoms with Crippen LogP contribution >= 0.6 is 0 Å². The fourth-order valence-electron chi connectivity index (χ4n) is 3.30. The van der Waals surface area contributed by atoms with Gasteiger partial charge in [0.05, 0.1) is 7.11 Å². The van der Waals surface area contributed by atoms with Gasteiger partial charge in [0.25, 0.3) is 0 Å². The summed E-state index contributed by atoms with van der Waals surface area (Å²) in [5.41, 5.74) is 0. The van der Waals surface area contributed by atoms with E-state index in [0.29, 0.717) is 19.5 Å². The summed E-state index contributed by atoms with van der Waals surface area (Å²) in [6.45, 7) is 6.50. The molecule has 138 valence electrons. The molecular formula is C16H29N3O5. The molecule has 1 fully saturated rings. The van der Waals surface area contributed by atoms with Crippen LogP contribution in [0.4, 0.5) is 4.79 Å². The van der Waals surface area contributed by atoms with Crippen LogP contribution in [0.25, 0.3) is 0 Å². The highest BCUT2D eigenvalue weighted by atomic mass is 16.5. The van der Waals surface area contributed by atoms with Crippen LogP contribution in [-0.4, -0.2) is 66.3 Å². The van der Waals surface area contributed by atoms with Gasteiger partial charge in [-0.2, -0.15) is 0 Å². The number of rotatable bonds is 8. The van der Waals surface area contributed by atoms with Gasteiger partial charge in [0.15, 0.2) is 0 Å². The topological polar surface area (TPSA) is 108 Å². The highest BCUT2D eigenvalue weighted by Gasteiger charge is 2.39. The minimum atomic E-state index is -0.897. The summed E-state index contributed by atoms with van der Waals surface area (Å²) in [6, 6.07) is -0.933. The largest absolute Gasteiger partial charge is 0.480 e. The molecule has 1 rings (SSSR count). The molecule has 8 nitrogen and oxygen atoms in total. The SMILES string of the molecule is CCCC(CN1CC(NC(=O)OC)CC1C(=O)O)C(C)NC(C)=O. The Kier molecular flexibility index (Phi) is 7.97. The number of nitrogens with one attached hydrogen (secondary N) is 2. The molecule has 0 radical (unpaired) electrons. The van der Waals surface area contributed by atoms with Crippen LogP contribution in [-0.2, 0) is 14.3 Å². The van der Waals surface area contributed by atoms with Crippen LogP contribution in [0.5, 0.6) is 0 Å². The molecule has 2 amide bonds. The van der Waals surface area contributed by atoms with Gasteiger partial charge in [0, 0.05) is 32.1 Å². The molecule has 24 heavy (non-hydrogen) atoms. The fourth-order valence-corrected chi connectivity index (χ4v) is 3.30. The number of likely N-dealkylation sites (tertiary alicyclic amines) is 1. The maximum absolute atomic E-state index is 11.5. The number of alkyl carbamates (subject to hydrolysis) is 1. The summed E-state index contributed by atoms with van der Waals surface area (Å²) in [7, 11) is 1.28. The summed E-state index contributed by atoms with van der Waals surface area (Å²) >= 11 is 0. The van der Waals surface area contributed by atoms with Crippen molar-refractivity contribution >= 4 is 18.0 Å². The predicted octanol–water partition coefficient (Wildman–Crippen LogP) is 0.811. The van der Waals surface area contributed by atoms with Crippen molar-refractivity contribution in [3.63, 3.8) is 0 Å². The number of nitrogens with zero attached hydrogens (tertiary/aromatic N) is 1. The summed E-state index contributed by atoms with van der Waals surface area (Å²) in [5, 5.41) is 15.0. The third-order valence-corrected chi connectivity index (χ3v) is 4.46. The Labute approximate surface area is 142 Å². The molecule has 4 atom stereocenters. The van der Waals surface area contributed by atoms with Crippen molar-refractivity contribution in [2.45, 2.75) is 58.2 Å². The summed E-state index contributed by atoms with van der Waals surface area (Å²) in [6.07, 6.45) is 1.63. The maximum atomic E-state index is 11.5. The number of amides is 2. The van der Waals surface area contributed by atoms with Gasteiger partial charge in [0.1, 0.15) is 6.04 Å². The van der Waals surface area contributed by atoms with E-state index in [1.165, 1.54) is 14.0 Å². The Hall–Kier alpha value is -1.83. The van der Waals surface area contributed by atoms with Crippen LogP contribution in [0.1, 0.15) is 40.0 Å². The van der Waals surface area contributed by atoms with E-state index in [0.717, 1.165) is 12.8 Å². The molecule has 8 heteroatoms. The minimum absolute atomic E-state index is 0.0375. The molecule has 0 spiro atoms. The molecule has 1 aliphatic rings. The first-order valence-corrected chi connectivity index (χ1v) is 8.36. The van der Waals surface area contributed by atoms with Crippen molar-refractivity contribution in [1.29, 1.82) is 0 Å². The van der Waals surface area contributed by atoms with E-state index in [-0.39, 0.29) is 23.9 Å². The Morgan fingerprint density at radius 1 is 1.38 bits per heavy atom. The van der Waals surface area contributed by atoms with Crippen molar-refractivity contribution in [3.05, 3.63) is 0 Å². The lowest BCUT2D eigenvalue weighted by atomic mass is 9.95. The molecule has 0 bridgehead atoms. The minimum Gasteiger partial charge on any atom is -0.480 e. The van der Waals surface area contributed by atoms with Crippen LogP contribution in [0.3, 0.4) is 0 Å². The zero-order valence-electron chi connectivity index (χ0n) is 14.9. The molecule has 4 unspecified atom stereocenters. The van der Waals surface area contributed by atoms with Crippen molar-refractivity contribution in [2.24, 2.45) is 5.92 Å². The molecular weight excluding hydrogens is 314 g/mol. The van der Waals surface area contributed by atoms with E-state index in [9.17, 15) is 19.5 Å². The van der Waals surface area contributed by atoms with Crippen molar-refractivity contribution in [3.8, 4) is 0 Å². The Morgan fingerprint density at radius 2 is 2.04 bits per heavy atom. The third-order valence-electron chi connectivity index (χ3n) is 4.46. The number of carbonyl (C=O) groups excluding carboxylic acids is 2. The molecule has 1 aliphatic heterocycles. The third kappa shape index (κ3) is 5.99. The number of hydrogen-bond acceptors (Lipinski definition) is 5. The van der Waals surface area contributed by atoms with E-state index in [1.54, 1.807) is 0 Å². The molecule has 0 aromatic rings. The van der Waals surface area contributed by atoms with Crippen LogP contribution < -0.4 is 10.6 Å². The average molecular weight is 343 g/mol. The lowest BCUT2D eigenvalue weighted by molar-refractivity contribution is -0.142. The van der Waals surface area contributed by atoms with E-state index in [1.807, 2.05) is 11.8 Å². The van der Waals surface area contributed by atoms with Crippen LogP contribution in [0, 0.1) is 5.92 Å². The second kappa shape index (κ2) is 9.46. The summed E-state index contributed by atoms with van der Waals surface area (Å²) in [5.74, 6) is -0.839. The zero-order chi connectivity index (χ0) is 18.3. The fraction of sp³-hybridized carbons (Fsp3) is 0.812. The normalized spacial score (nSPS) is 23.3. The standard InChI is InChI=1S/C16H29N3O5/c1-5-6-12(10(2)17-11(3)20)8-19-9-13(18-16(23)24-4)7-14(19)15(21)22/h10,12-14H,5-9H2,1-4H3,(H,17,20)(H,18,23)(H,21,22). The first kappa shape index (κ1) is 20.2. The van der Waals surface area contributed by atoms with Gasteiger partial charge in [-0.25, -0.2) is 4.79 Å². The molecule has 0 aromatic carbocycles. The van der Waals surface area contributed by atoms with Crippen molar-refractivity contribution < 1.29 is 24.2 Å². The van der Waals surface area contributed by atoms with Gasteiger partial charge < -0.3 is 20.5 Å². The monoisotopic (exact) mass is 343 g/mol. The van der Waals surface area contributed by atoms with Gasteiger partial charge in [-0.15, -0.1) is 0 Å². The Balaban J connectivity index is 2.76. The summed E-state index contributed by atoms with van der Waals surface area (Å²) < 4.78 is 4.58. The van der Waals surface area contributed by atoms with Crippen molar-refractivity contribution in [2.75, 3.05) is 20.2 Å². The van der Waals surface area contributed by atoms with Gasteiger partial charge >= 0.3 is 12.1 Å². The quantitative estimate of drug-likeness (QED) is 0.602. The maximum Gasteiger partial charge on any atom is 0.407 e. The van der Waals surface area contributed by atoms with Crippen molar-refractivity contribution in [1.82, 2.24) is 15.5 Å². The highest BCUT2D eigenvalue weighted by molar-refractivity contribution is 5.75. The number of carbonyl (C=O) groups is 3. The second-order valence-corrected chi connectivity index (χ2v) is 6.41. The number of hydrogen-bond donors (Lipinski definition) is 3. The Morgan fingerprint density at radius 3 is 2.54 bits per heavy atom. The van der Waals surface area contributed by atoms with E-state index >= 15 is 0 Å². The highest BCUT2D eigenvalue weighted by Crippen LogP contribution is 2.23. The first-order valence-electron chi connectivity index (χ1n) is 8.36. The average Bonchev–Trinajstić information content (AvgIpc) is 2.88. The Bertz CT molecular complexity index is 457. The number of carboxylic acids is 1. The van der Waals surface area contributed by atoms with Crippen LogP contribution in [0.15, 0.2) is 0 Å². The summed E-state index contributed by atoms with van der Waals surface area (Å²) in [4.78, 5) is 36.1. The molecule has 3 N–H and O–H groups in total. The van der Waals surface area contributed by atoms with Gasteiger partial charge in [-0.3, -0.25) is 14.5 Å². The van der Waals surface area contributed by atoms with E-state index in [2.05, 4.69) is 22.3 Å². The molecule has 0 aromatic heterocycles. The molecule has 1 saturated heterocycles. The number of ether oxygens (including phenoxy) is 1. The second-order valence-electron chi connectivity index (χ2n) is 6.41. The number of aliphatic carboxylic acids is 1. The number of methoxy groups -OCH3 is 1. The molecule has 0 saturated carbocycles. The smallest absolute Gasteiger partial charge is 0.407 e.